The number of pyridine rings is 1. The fourth-order valence-electron chi connectivity index (χ4n) is 1.49. The Morgan fingerprint density at radius 2 is 2.29 bits per heavy atom. The number of nitrogens with one attached hydrogen (secondary N) is 1. The van der Waals surface area contributed by atoms with Gasteiger partial charge in [-0.2, -0.15) is 10.4 Å². The highest BCUT2D eigenvalue weighted by atomic mass is 16.3. The van der Waals surface area contributed by atoms with Gasteiger partial charge in [0.05, 0.1) is 34.8 Å². The summed E-state index contributed by atoms with van der Waals surface area (Å²) in [5.41, 5.74) is 1.42. The smallest absolute Gasteiger partial charge is 0.103 e. The van der Waals surface area contributed by atoms with Crippen LogP contribution >= 0.6 is 0 Å². The third-order valence-corrected chi connectivity index (χ3v) is 2.36. The highest BCUT2D eigenvalue weighted by Crippen LogP contribution is 2.14. The molecular weight excluding hydrogens is 216 g/mol. The van der Waals surface area contributed by atoms with Crippen molar-refractivity contribution in [1.29, 1.82) is 5.26 Å². The molecule has 2 aromatic rings. The minimum atomic E-state index is -0.767. The van der Waals surface area contributed by atoms with Gasteiger partial charge in [-0.25, -0.2) is 4.52 Å². The molecule has 0 atom stereocenters. The van der Waals surface area contributed by atoms with Gasteiger partial charge in [-0.1, -0.05) is 0 Å². The number of nitriles is 1. The third kappa shape index (κ3) is 2.55. The normalized spacial score (nSPS) is 11.4. The molecule has 0 aromatic carbocycles. The molecule has 0 radical (unpaired) electrons. The van der Waals surface area contributed by atoms with Gasteiger partial charge in [-0.15, -0.1) is 0 Å². The maximum absolute atomic E-state index is 9.61. The summed E-state index contributed by atoms with van der Waals surface area (Å²) >= 11 is 0. The molecule has 0 aliphatic heterocycles. The van der Waals surface area contributed by atoms with Gasteiger partial charge < -0.3 is 10.4 Å². The topological polar surface area (TPSA) is 73.3 Å². The lowest BCUT2D eigenvalue weighted by Gasteiger charge is -2.18. The lowest BCUT2D eigenvalue weighted by Crippen LogP contribution is -2.29. The van der Waals surface area contributed by atoms with Crippen molar-refractivity contribution in [3.8, 4) is 6.07 Å². The lowest BCUT2D eigenvalue weighted by molar-refractivity contribution is 0.0945. The van der Waals surface area contributed by atoms with Crippen LogP contribution < -0.4 is 5.32 Å². The highest BCUT2D eigenvalue weighted by molar-refractivity contribution is 5.62. The number of fused-ring (bicyclic) bond motifs is 1. The van der Waals surface area contributed by atoms with Gasteiger partial charge in [0.15, 0.2) is 0 Å². The Labute approximate surface area is 99.3 Å². The molecule has 0 spiro atoms. The molecule has 2 rings (SSSR count). The van der Waals surface area contributed by atoms with E-state index in [2.05, 4.69) is 16.5 Å². The molecular formula is C12H14N4O. The third-order valence-electron chi connectivity index (χ3n) is 2.36. The zero-order valence-electron chi connectivity index (χ0n) is 9.81. The summed E-state index contributed by atoms with van der Waals surface area (Å²) in [5, 5.41) is 25.7. The van der Waals surface area contributed by atoms with Crippen molar-refractivity contribution in [3.63, 3.8) is 0 Å². The molecule has 0 fully saturated rings. The standard InChI is InChI=1S/C12H14N4O/c1-12(2,17)8-14-10-3-4-11-9(5-13)6-15-16(11)7-10/h3-4,6-7,14,17H,8H2,1-2H3. The first-order valence-corrected chi connectivity index (χ1v) is 5.33. The molecule has 88 valence electrons. The van der Waals surface area contributed by atoms with Crippen LogP contribution in [0.3, 0.4) is 0 Å². The number of aromatic nitrogens is 2. The van der Waals surface area contributed by atoms with Crippen molar-refractivity contribution in [1.82, 2.24) is 9.61 Å². The van der Waals surface area contributed by atoms with Gasteiger partial charge in [0.2, 0.25) is 0 Å². The van der Waals surface area contributed by atoms with Gasteiger partial charge in [0.25, 0.3) is 0 Å². The second-order valence-corrected chi connectivity index (χ2v) is 4.58. The average molecular weight is 230 g/mol. The summed E-state index contributed by atoms with van der Waals surface area (Å²) in [7, 11) is 0. The van der Waals surface area contributed by atoms with Gasteiger partial charge in [0, 0.05) is 6.54 Å². The second kappa shape index (κ2) is 4.07. The Bertz CT molecular complexity index is 574. The number of rotatable bonds is 3. The molecule has 0 aliphatic rings. The Hall–Kier alpha value is -2.06. The van der Waals surface area contributed by atoms with Gasteiger partial charge in [-0.05, 0) is 26.0 Å². The van der Waals surface area contributed by atoms with E-state index < -0.39 is 5.60 Å². The van der Waals surface area contributed by atoms with E-state index in [1.807, 2.05) is 12.1 Å². The minimum absolute atomic E-state index is 0.449. The molecule has 17 heavy (non-hydrogen) atoms. The Morgan fingerprint density at radius 3 is 2.94 bits per heavy atom. The van der Waals surface area contributed by atoms with E-state index in [1.165, 1.54) is 6.20 Å². The maximum Gasteiger partial charge on any atom is 0.103 e. The summed E-state index contributed by atoms with van der Waals surface area (Å²) in [4.78, 5) is 0. The van der Waals surface area contributed by atoms with Crippen molar-refractivity contribution < 1.29 is 5.11 Å². The van der Waals surface area contributed by atoms with E-state index in [9.17, 15) is 5.11 Å². The van der Waals surface area contributed by atoms with E-state index >= 15 is 0 Å². The first-order chi connectivity index (χ1) is 7.99. The van der Waals surface area contributed by atoms with Gasteiger partial charge in [0.1, 0.15) is 6.07 Å². The molecule has 0 saturated carbocycles. The first-order valence-electron chi connectivity index (χ1n) is 5.33. The second-order valence-electron chi connectivity index (χ2n) is 4.58. The van der Waals surface area contributed by atoms with Gasteiger partial charge in [-0.3, -0.25) is 0 Å². The van der Waals surface area contributed by atoms with Crippen LogP contribution in [0, 0.1) is 11.3 Å². The molecule has 0 unspecified atom stereocenters. The first kappa shape index (κ1) is 11.4. The molecule has 0 aliphatic carbocycles. The lowest BCUT2D eigenvalue weighted by atomic mass is 10.1. The summed E-state index contributed by atoms with van der Waals surface area (Å²) < 4.78 is 1.64. The largest absolute Gasteiger partial charge is 0.389 e. The van der Waals surface area contributed by atoms with Crippen LogP contribution in [0.5, 0.6) is 0 Å². The molecule has 2 aromatic heterocycles. The predicted molar refractivity (Wildman–Crippen MR) is 64.7 cm³/mol. The Balaban J connectivity index is 2.24. The summed E-state index contributed by atoms with van der Waals surface area (Å²) in [6.45, 7) is 3.92. The molecule has 5 heteroatoms. The number of anilines is 1. The average Bonchev–Trinajstić information content (AvgIpc) is 2.67. The molecule has 2 heterocycles. The molecule has 0 amide bonds. The van der Waals surface area contributed by atoms with Crippen LogP contribution in [0.25, 0.3) is 5.52 Å². The van der Waals surface area contributed by atoms with Crippen LogP contribution in [0.15, 0.2) is 24.5 Å². The highest BCUT2D eigenvalue weighted by Gasteiger charge is 2.12. The van der Waals surface area contributed by atoms with Crippen molar-refractivity contribution >= 4 is 11.2 Å². The fraction of sp³-hybridized carbons (Fsp3) is 0.333. The summed E-state index contributed by atoms with van der Waals surface area (Å²) in [6.07, 6.45) is 3.33. The SMILES string of the molecule is CC(C)(O)CNc1ccc2c(C#N)cnn2c1. The summed E-state index contributed by atoms with van der Waals surface area (Å²) in [6, 6.07) is 5.78. The summed E-state index contributed by atoms with van der Waals surface area (Å²) in [5.74, 6) is 0. The van der Waals surface area contributed by atoms with Crippen LogP contribution in [0.4, 0.5) is 5.69 Å². The van der Waals surface area contributed by atoms with Gasteiger partial charge >= 0.3 is 0 Å². The van der Waals surface area contributed by atoms with E-state index in [4.69, 9.17) is 5.26 Å². The number of hydrogen-bond donors (Lipinski definition) is 2. The van der Waals surface area contributed by atoms with Crippen LogP contribution in [0.1, 0.15) is 19.4 Å². The number of aliphatic hydroxyl groups is 1. The van der Waals surface area contributed by atoms with Crippen LogP contribution in [-0.2, 0) is 0 Å². The number of nitrogens with zero attached hydrogens (tertiary/aromatic N) is 3. The predicted octanol–water partition coefficient (Wildman–Crippen LogP) is 1.39. The molecule has 0 saturated heterocycles. The van der Waals surface area contributed by atoms with Crippen molar-refractivity contribution in [2.45, 2.75) is 19.4 Å². The Kier molecular flexibility index (Phi) is 2.74. The van der Waals surface area contributed by atoms with Crippen LogP contribution in [-0.4, -0.2) is 26.9 Å². The fourth-order valence-corrected chi connectivity index (χ4v) is 1.49. The van der Waals surface area contributed by atoms with Crippen molar-refractivity contribution in [3.05, 3.63) is 30.1 Å². The maximum atomic E-state index is 9.61. The zero-order chi connectivity index (χ0) is 12.5. The van der Waals surface area contributed by atoms with E-state index in [0.717, 1.165) is 11.2 Å². The zero-order valence-corrected chi connectivity index (χ0v) is 9.81. The monoisotopic (exact) mass is 230 g/mol. The van der Waals surface area contributed by atoms with E-state index in [-0.39, 0.29) is 0 Å². The Morgan fingerprint density at radius 1 is 1.53 bits per heavy atom. The van der Waals surface area contributed by atoms with E-state index in [0.29, 0.717) is 12.1 Å². The number of hydrogen-bond acceptors (Lipinski definition) is 4. The molecule has 0 bridgehead atoms. The van der Waals surface area contributed by atoms with E-state index in [1.54, 1.807) is 24.6 Å². The van der Waals surface area contributed by atoms with Crippen molar-refractivity contribution in [2.24, 2.45) is 0 Å². The minimum Gasteiger partial charge on any atom is -0.389 e. The van der Waals surface area contributed by atoms with Crippen LogP contribution in [0.2, 0.25) is 0 Å². The molecule has 5 nitrogen and oxygen atoms in total. The molecule has 2 N–H and O–H groups in total. The van der Waals surface area contributed by atoms with Crippen molar-refractivity contribution in [2.75, 3.05) is 11.9 Å². The quantitative estimate of drug-likeness (QED) is 0.835.